The Balaban J connectivity index is 1.46. The fourth-order valence-electron chi connectivity index (χ4n) is 8.14. The normalized spacial score (nSPS) is 22.7. The number of phenols is 2. The Bertz CT molecular complexity index is 1430. The van der Waals surface area contributed by atoms with E-state index in [9.17, 15) is 19.8 Å². The first kappa shape index (κ1) is 33.8. The molecule has 1 saturated carbocycles. The predicted molar refractivity (Wildman–Crippen MR) is 179 cm³/mol. The second-order valence-electron chi connectivity index (χ2n) is 13.3. The van der Waals surface area contributed by atoms with Crippen LogP contribution in [0.1, 0.15) is 106 Å². The molecular weight excluding hydrogens is 582 g/mol. The molecule has 250 valence electrons. The molecule has 0 spiro atoms. The Morgan fingerprint density at radius 2 is 1.80 bits per heavy atom. The minimum absolute atomic E-state index is 0.0286. The highest BCUT2D eigenvalue weighted by Crippen LogP contribution is 2.53. The van der Waals surface area contributed by atoms with Crippen LogP contribution in [0.4, 0.5) is 0 Å². The van der Waals surface area contributed by atoms with Crippen molar-refractivity contribution in [2.75, 3.05) is 20.8 Å². The fourth-order valence-corrected chi connectivity index (χ4v) is 8.14. The molecule has 0 aliphatic heterocycles. The molecule has 46 heavy (non-hydrogen) atoms. The zero-order chi connectivity index (χ0) is 32.8. The van der Waals surface area contributed by atoms with E-state index in [2.05, 4.69) is 18.3 Å². The molecule has 5 rings (SSSR count). The van der Waals surface area contributed by atoms with Crippen LogP contribution in [0.15, 0.2) is 30.3 Å². The van der Waals surface area contributed by atoms with Crippen molar-refractivity contribution in [1.82, 2.24) is 5.32 Å². The highest BCUT2D eigenvalue weighted by Gasteiger charge is 2.41. The Hall–Kier alpha value is -3.52. The molecule has 1 fully saturated rings. The highest BCUT2D eigenvalue weighted by molar-refractivity contribution is 5.83. The lowest BCUT2D eigenvalue weighted by Gasteiger charge is -2.35. The highest BCUT2D eigenvalue weighted by atomic mass is 16.5. The number of esters is 1. The SMILES string of the molecule is CCCN[C@@H]1CCCc2c(O)c(OC)cc3c2C1=C[C@@H]1CCCC[C@@H]1[C@H]3CC(=O)C[C@@H](CCc1ccc(O)c(OC)c1)OC(C)=O. The van der Waals surface area contributed by atoms with Gasteiger partial charge in [-0.3, -0.25) is 9.59 Å². The molecule has 3 N–H and O–H groups in total. The van der Waals surface area contributed by atoms with Gasteiger partial charge < -0.3 is 29.7 Å². The topological polar surface area (TPSA) is 114 Å². The number of ketones is 1. The average Bonchev–Trinajstić information content (AvgIpc) is 3.29. The molecule has 0 aromatic heterocycles. The van der Waals surface area contributed by atoms with Crippen molar-refractivity contribution < 1.29 is 34.0 Å². The molecular formula is C38H51NO7. The fraction of sp³-hybridized carbons (Fsp3) is 0.579. The van der Waals surface area contributed by atoms with Gasteiger partial charge in [0.15, 0.2) is 23.0 Å². The van der Waals surface area contributed by atoms with Crippen LogP contribution < -0.4 is 14.8 Å². The van der Waals surface area contributed by atoms with E-state index in [-0.39, 0.29) is 35.7 Å². The number of carbonyl (C=O) groups excluding carboxylic acids is 2. The maximum atomic E-state index is 14.0. The second kappa shape index (κ2) is 15.4. The van der Waals surface area contributed by atoms with E-state index in [0.29, 0.717) is 42.6 Å². The van der Waals surface area contributed by atoms with Crippen LogP contribution >= 0.6 is 0 Å². The number of nitrogens with one attached hydrogen (secondary N) is 1. The number of hydrogen-bond acceptors (Lipinski definition) is 8. The van der Waals surface area contributed by atoms with E-state index in [1.54, 1.807) is 19.2 Å². The summed E-state index contributed by atoms with van der Waals surface area (Å²) in [6.45, 7) is 4.50. The Morgan fingerprint density at radius 1 is 1.02 bits per heavy atom. The molecule has 0 saturated heterocycles. The third-order valence-corrected chi connectivity index (χ3v) is 10.3. The number of carbonyl (C=O) groups is 2. The monoisotopic (exact) mass is 633 g/mol. The van der Waals surface area contributed by atoms with Gasteiger partial charge in [-0.15, -0.1) is 0 Å². The first-order chi connectivity index (χ1) is 22.2. The van der Waals surface area contributed by atoms with Crippen LogP contribution in [0.3, 0.4) is 0 Å². The van der Waals surface area contributed by atoms with E-state index in [1.807, 2.05) is 12.1 Å². The van der Waals surface area contributed by atoms with Gasteiger partial charge in [-0.05, 0) is 116 Å². The third kappa shape index (κ3) is 7.54. The second-order valence-corrected chi connectivity index (χ2v) is 13.3. The van der Waals surface area contributed by atoms with Gasteiger partial charge in [-0.2, -0.15) is 0 Å². The molecule has 0 unspecified atom stereocenters. The van der Waals surface area contributed by atoms with Crippen molar-refractivity contribution in [3.63, 3.8) is 0 Å². The number of ether oxygens (including phenoxy) is 3. The van der Waals surface area contributed by atoms with E-state index in [4.69, 9.17) is 14.2 Å². The number of allylic oxidation sites excluding steroid dienone is 1. The van der Waals surface area contributed by atoms with Crippen LogP contribution in [-0.2, 0) is 27.2 Å². The lowest BCUT2D eigenvalue weighted by Crippen LogP contribution is -2.31. The van der Waals surface area contributed by atoms with Gasteiger partial charge >= 0.3 is 5.97 Å². The molecule has 2 aromatic rings. The van der Waals surface area contributed by atoms with Gasteiger partial charge in [-0.1, -0.05) is 31.9 Å². The summed E-state index contributed by atoms with van der Waals surface area (Å²) >= 11 is 0. The van der Waals surface area contributed by atoms with Crippen molar-refractivity contribution in [3.05, 3.63) is 52.6 Å². The summed E-state index contributed by atoms with van der Waals surface area (Å²) in [6.07, 6.45) is 11.7. The van der Waals surface area contributed by atoms with E-state index in [0.717, 1.165) is 73.7 Å². The summed E-state index contributed by atoms with van der Waals surface area (Å²) in [7, 11) is 3.10. The molecule has 0 amide bonds. The molecule has 8 heteroatoms. The molecule has 0 heterocycles. The maximum Gasteiger partial charge on any atom is 0.302 e. The predicted octanol–water partition coefficient (Wildman–Crippen LogP) is 7.02. The first-order valence-electron chi connectivity index (χ1n) is 17.2. The molecule has 0 bridgehead atoms. The number of aryl methyl sites for hydroxylation is 1. The smallest absolute Gasteiger partial charge is 0.302 e. The lowest BCUT2D eigenvalue weighted by atomic mass is 9.69. The molecule has 0 radical (unpaired) electrons. The van der Waals surface area contributed by atoms with Crippen LogP contribution in [0.2, 0.25) is 0 Å². The largest absolute Gasteiger partial charge is 0.504 e. The number of Topliss-reactive ketones (excluding diaryl/α,β-unsaturated/α-hetero) is 1. The molecule has 3 aliphatic rings. The standard InChI is InChI=1S/C38H51NO7/c1-5-17-39-33-12-8-11-29-37-31(22-36(45-4)38(29)43)30(28-10-7-6-9-25(28)19-32(33)37)21-26(41)20-27(46-23(2)40)15-13-24-14-16-34(42)35(18-24)44-3/h14,16,18-19,22,25,27-28,30,33,39,42-43H,5-13,15,17,20-21H2,1-4H3/t25-,27+,28-,30+,33+/m0/s1. The Labute approximate surface area is 273 Å². The van der Waals surface area contributed by atoms with Crippen molar-refractivity contribution in [3.8, 4) is 23.0 Å². The van der Waals surface area contributed by atoms with Gasteiger partial charge in [0.25, 0.3) is 0 Å². The van der Waals surface area contributed by atoms with E-state index < -0.39 is 12.1 Å². The molecule has 2 aromatic carbocycles. The quantitative estimate of drug-likeness (QED) is 0.202. The zero-order valence-corrected chi connectivity index (χ0v) is 27.9. The van der Waals surface area contributed by atoms with Crippen molar-refractivity contribution in [2.24, 2.45) is 11.8 Å². The van der Waals surface area contributed by atoms with Crippen LogP contribution in [0.5, 0.6) is 23.0 Å². The number of fused-ring (bicyclic) bond motifs is 1. The number of methoxy groups -OCH3 is 2. The van der Waals surface area contributed by atoms with Crippen molar-refractivity contribution >= 4 is 17.3 Å². The minimum Gasteiger partial charge on any atom is -0.504 e. The van der Waals surface area contributed by atoms with Gasteiger partial charge in [0.05, 0.1) is 14.2 Å². The van der Waals surface area contributed by atoms with Gasteiger partial charge in [0.2, 0.25) is 0 Å². The molecule has 5 atom stereocenters. The third-order valence-electron chi connectivity index (χ3n) is 10.3. The Morgan fingerprint density at radius 3 is 2.54 bits per heavy atom. The first-order valence-corrected chi connectivity index (χ1v) is 17.2. The van der Waals surface area contributed by atoms with Gasteiger partial charge in [-0.25, -0.2) is 0 Å². The zero-order valence-electron chi connectivity index (χ0n) is 27.9. The van der Waals surface area contributed by atoms with Gasteiger partial charge in [0, 0.05) is 31.4 Å². The van der Waals surface area contributed by atoms with Crippen molar-refractivity contribution in [1.29, 1.82) is 0 Å². The van der Waals surface area contributed by atoms with Crippen LogP contribution in [0.25, 0.3) is 5.57 Å². The van der Waals surface area contributed by atoms with Crippen LogP contribution in [-0.4, -0.2) is 54.9 Å². The summed E-state index contributed by atoms with van der Waals surface area (Å²) in [4.78, 5) is 26.1. The summed E-state index contributed by atoms with van der Waals surface area (Å²) < 4.78 is 16.7. The van der Waals surface area contributed by atoms with Crippen molar-refractivity contribution in [2.45, 2.75) is 109 Å². The van der Waals surface area contributed by atoms with Gasteiger partial charge in [0.1, 0.15) is 11.9 Å². The lowest BCUT2D eigenvalue weighted by molar-refractivity contribution is -0.147. The summed E-state index contributed by atoms with van der Waals surface area (Å²) in [5.74, 6) is 1.44. The average molecular weight is 634 g/mol. The summed E-state index contributed by atoms with van der Waals surface area (Å²) in [6, 6.07) is 7.38. The molecule has 8 nitrogen and oxygen atoms in total. The Kier molecular flexibility index (Phi) is 11.3. The number of phenolic OH excluding ortho intramolecular Hbond substituents is 2. The number of hydrogen-bond donors (Lipinski definition) is 3. The minimum atomic E-state index is -0.555. The summed E-state index contributed by atoms with van der Waals surface area (Å²) in [5.41, 5.74) is 5.39. The number of aromatic hydroxyl groups is 2. The number of rotatable bonds is 13. The molecule has 3 aliphatic carbocycles. The van der Waals surface area contributed by atoms with Crippen LogP contribution in [0, 0.1) is 11.8 Å². The van der Waals surface area contributed by atoms with E-state index in [1.165, 1.54) is 26.0 Å². The maximum absolute atomic E-state index is 14.0. The number of benzene rings is 2. The summed E-state index contributed by atoms with van der Waals surface area (Å²) in [5, 5.41) is 25.2. The van der Waals surface area contributed by atoms with E-state index >= 15 is 0 Å².